The molecule has 9 N–H and O–H groups in total. The zero-order valence-corrected chi connectivity index (χ0v) is 26.1. The molecule has 2 aromatic rings. The first-order valence-corrected chi connectivity index (χ1v) is 16.2. The van der Waals surface area contributed by atoms with Crippen LogP contribution in [0.15, 0.2) is 27.0 Å². The molecule has 3 aliphatic rings. The highest BCUT2D eigenvalue weighted by atomic mass is 32.2. The lowest BCUT2D eigenvalue weighted by Gasteiger charge is -2.49. The summed E-state index contributed by atoms with van der Waals surface area (Å²) < 4.78 is 1.51. The highest BCUT2D eigenvalue weighted by Gasteiger charge is 2.54. The number of carbonyl (C=O) groups excluding carboxylic acids is 2. The van der Waals surface area contributed by atoms with Gasteiger partial charge in [0.2, 0.25) is 11.4 Å². The van der Waals surface area contributed by atoms with Crippen molar-refractivity contribution in [2.24, 2.45) is 5.16 Å². The van der Waals surface area contributed by atoms with Crippen molar-refractivity contribution in [1.82, 2.24) is 20.2 Å². The molecule has 1 saturated heterocycles. The van der Waals surface area contributed by atoms with Crippen molar-refractivity contribution in [3.63, 3.8) is 0 Å². The van der Waals surface area contributed by atoms with Crippen molar-refractivity contribution in [2.45, 2.75) is 61.7 Å². The molecule has 2 aliphatic heterocycles. The van der Waals surface area contributed by atoms with Crippen LogP contribution in [0.2, 0.25) is 0 Å². The monoisotopic (exact) mass is 664 g/mol. The summed E-state index contributed by atoms with van der Waals surface area (Å²) in [4.78, 5) is 65.1. The number of nitrogens with two attached hydrogens (primary N) is 3. The number of carboxylic acids is 2. The van der Waals surface area contributed by atoms with E-state index < -0.39 is 46.5 Å². The Balaban J connectivity index is 1.33. The number of thiazole rings is 1. The number of nitrogen functional groups attached to an aromatic ring is 3. The zero-order chi connectivity index (χ0) is 31.9. The van der Waals surface area contributed by atoms with Crippen LogP contribution in [0, 0.1) is 0 Å². The lowest BCUT2D eigenvalue weighted by atomic mass is 9.96. The summed E-state index contributed by atoms with van der Waals surface area (Å²) in [6.45, 7) is 2.49. The van der Waals surface area contributed by atoms with Crippen molar-refractivity contribution in [1.29, 1.82) is 0 Å². The maximum Gasteiger partial charge on any atom is 0.385 e. The molecule has 5 rings (SSSR count). The summed E-state index contributed by atoms with van der Waals surface area (Å²) in [5.74, 6) is 3.09. The number of fused-ring (bicyclic) bond motifs is 2. The third-order valence-electron chi connectivity index (χ3n) is 7.23. The largest absolute Gasteiger partial charge is 0.478 e. The van der Waals surface area contributed by atoms with Gasteiger partial charge in [-0.2, -0.15) is 0 Å². The van der Waals surface area contributed by atoms with Crippen LogP contribution in [-0.4, -0.2) is 83.1 Å². The Morgan fingerprint density at radius 1 is 1.25 bits per heavy atom. The van der Waals surface area contributed by atoms with Gasteiger partial charge < -0.3 is 31.8 Å². The van der Waals surface area contributed by atoms with Crippen LogP contribution in [0.5, 0.6) is 0 Å². The number of oxime groups is 1. The van der Waals surface area contributed by atoms with Crippen LogP contribution in [0.25, 0.3) is 0 Å². The van der Waals surface area contributed by atoms with Gasteiger partial charge in [0.15, 0.2) is 10.8 Å². The Morgan fingerprint density at radius 3 is 2.64 bits per heavy atom. The first kappa shape index (κ1) is 31.3. The van der Waals surface area contributed by atoms with Crippen LogP contribution in [0.4, 0.5) is 10.9 Å². The molecule has 0 bridgehead atoms. The minimum atomic E-state index is -1.77. The van der Waals surface area contributed by atoms with Gasteiger partial charge in [0.25, 0.3) is 11.8 Å². The Hall–Kier alpha value is -4.10. The molecule has 2 aromatic heterocycles. The Bertz CT molecular complexity index is 1620. The lowest BCUT2D eigenvalue weighted by molar-refractivity contribution is -0.690. The molecule has 44 heavy (non-hydrogen) atoms. The quantitative estimate of drug-likeness (QED) is 0.0363. The van der Waals surface area contributed by atoms with E-state index >= 15 is 0 Å². The molecule has 19 heteroatoms. The number of aromatic nitrogens is 3. The number of amides is 2. The summed E-state index contributed by atoms with van der Waals surface area (Å²) in [6, 6.07) is -1.09. The number of hydrogen-bond acceptors (Lipinski definition) is 14. The molecule has 0 aromatic carbocycles. The molecule has 1 fully saturated rings. The van der Waals surface area contributed by atoms with E-state index in [1.807, 2.05) is 0 Å². The van der Waals surface area contributed by atoms with Crippen LogP contribution >= 0.6 is 34.9 Å². The number of nitrogens with zero attached hydrogens (tertiary/aromatic N) is 5. The first-order chi connectivity index (χ1) is 20.8. The molecule has 16 nitrogen and oxygen atoms in total. The minimum absolute atomic E-state index is 0.0186. The van der Waals surface area contributed by atoms with E-state index in [4.69, 9.17) is 22.1 Å². The number of carboxylic acid groups (broad SMARTS) is 2. The number of hydrogen-bond donors (Lipinski definition) is 6. The van der Waals surface area contributed by atoms with Crippen molar-refractivity contribution in [3.8, 4) is 0 Å². The van der Waals surface area contributed by atoms with Crippen LogP contribution in [0.1, 0.15) is 43.6 Å². The average molecular weight is 665 g/mol. The Kier molecular flexibility index (Phi) is 8.63. The standard InChI is InChI=1S/C25H29N9O7S3/c1-25(2,22(39)40)41-32-14(12-9-43-23(27)29-12)18(35)30-15-19(36)33-16(21(37)38)10(7-42-20(15)33)8-44-24-31-17(26)11-5-3-4-6-13(11)34(24)28/h9,15,20,26H,3-8,28H2,1-2H3,(H5,27,29,30,35,37,38,39,40)/p+1/b32-14-. The molecule has 1 aliphatic carbocycles. The molecule has 0 radical (unpaired) electrons. The van der Waals surface area contributed by atoms with Crippen molar-refractivity contribution >= 4 is 75.3 Å². The highest BCUT2D eigenvalue weighted by molar-refractivity contribution is 8.01. The summed E-state index contributed by atoms with van der Waals surface area (Å²) in [5, 5.41) is 27.0. The predicted octanol–water partition coefficient (Wildman–Crippen LogP) is -0.303. The molecule has 2 amide bonds. The number of β-lactam (4-membered cyclic amide) rings is 1. The first-order valence-electron chi connectivity index (χ1n) is 13.3. The van der Waals surface area contributed by atoms with Crippen LogP contribution in [0.3, 0.4) is 0 Å². The second-order valence-corrected chi connectivity index (χ2v) is 13.5. The number of nitrogens with one attached hydrogen (secondary N) is 1. The Morgan fingerprint density at radius 2 is 1.98 bits per heavy atom. The fraction of sp³-hybridized carbons (Fsp3) is 0.440. The van der Waals surface area contributed by atoms with E-state index in [9.17, 15) is 29.4 Å². The van der Waals surface area contributed by atoms with Gasteiger partial charge in [-0.15, -0.1) is 27.8 Å². The summed E-state index contributed by atoms with van der Waals surface area (Å²) in [5.41, 5.74) is 11.9. The molecule has 2 atom stereocenters. The van der Waals surface area contributed by atoms with Gasteiger partial charge >= 0.3 is 17.1 Å². The molecule has 0 spiro atoms. The van der Waals surface area contributed by atoms with Gasteiger partial charge in [-0.05, 0) is 55.4 Å². The average Bonchev–Trinajstić information content (AvgIpc) is 3.41. The second-order valence-electron chi connectivity index (χ2n) is 10.6. The molecular weight excluding hydrogens is 635 g/mol. The van der Waals surface area contributed by atoms with Crippen molar-refractivity contribution in [3.05, 3.63) is 33.6 Å². The van der Waals surface area contributed by atoms with Crippen LogP contribution in [-0.2, 0) is 36.9 Å². The Labute approximate surface area is 263 Å². The van der Waals surface area contributed by atoms with E-state index in [0.29, 0.717) is 16.5 Å². The fourth-order valence-corrected chi connectivity index (χ4v) is 7.81. The molecule has 234 valence electrons. The zero-order valence-electron chi connectivity index (χ0n) is 23.6. The lowest BCUT2D eigenvalue weighted by Crippen LogP contribution is -2.71. The van der Waals surface area contributed by atoms with Crippen LogP contribution < -0.4 is 27.3 Å². The maximum atomic E-state index is 13.3. The molecular formula is C25H30N9O7S3+. The van der Waals surface area contributed by atoms with Gasteiger partial charge in [0.1, 0.15) is 28.5 Å². The second kappa shape index (κ2) is 12.1. The number of rotatable bonds is 10. The third-order valence-corrected chi connectivity index (χ3v) is 10.3. The van der Waals surface area contributed by atoms with Gasteiger partial charge in [-0.1, -0.05) is 5.16 Å². The number of thioether (sulfide) groups is 2. The van der Waals surface area contributed by atoms with Gasteiger partial charge in [-0.3, -0.25) is 20.3 Å². The predicted molar refractivity (Wildman–Crippen MR) is 162 cm³/mol. The van der Waals surface area contributed by atoms with E-state index in [-0.39, 0.29) is 28.0 Å². The normalized spacial score (nSPS) is 20.0. The smallest absolute Gasteiger partial charge is 0.385 e. The van der Waals surface area contributed by atoms with Crippen molar-refractivity contribution in [2.75, 3.05) is 28.8 Å². The number of anilines is 2. The summed E-state index contributed by atoms with van der Waals surface area (Å²) >= 11 is 3.54. The van der Waals surface area contributed by atoms with Gasteiger partial charge in [-0.25, -0.2) is 14.6 Å². The number of carbonyl (C=O) groups is 4. The summed E-state index contributed by atoms with van der Waals surface area (Å²) in [7, 11) is 0. The van der Waals surface area contributed by atoms with Gasteiger partial charge in [0.05, 0.1) is 5.56 Å². The SMILES string of the molecule is CC(C)(O/N=C(\C(=O)NC1C(=O)N2C(C(=O)O)=C(CSc3nc(N)c4c([n+]3N)CCCC4)CSC12)c1csc(N)n1)C(=O)O. The fourth-order valence-electron chi connectivity index (χ4n) is 4.83. The van der Waals surface area contributed by atoms with E-state index in [0.717, 1.165) is 53.2 Å². The minimum Gasteiger partial charge on any atom is -0.478 e. The van der Waals surface area contributed by atoms with Gasteiger partial charge in [0, 0.05) is 23.3 Å². The third kappa shape index (κ3) is 5.85. The molecule has 4 heterocycles. The molecule has 2 unspecified atom stereocenters. The number of aliphatic carboxylic acids is 2. The summed E-state index contributed by atoms with van der Waals surface area (Å²) in [6.07, 6.45) is 3.56. The topological polar surface area (TPSA) is 253 Å². The van der Waals surface area contributed by atoms with E-state index in [1.54, 1.807) is 0 Å². The maximum absolute atomic E-state index is 13.3. The molecule has 0 saturated carbocycles. The van der Waals surface area contributed by atoms with E-state index in [2.05, 4.69) is 20.4 Å². The highest BCUT2D eigenvalue weighted by Crippen LogP contribution is 2.41. The van der Waals surface area contributed by atoms with E-state index in [1.165, 1.54) is 47.4 Å². The van der Waals surface area contributed by atoms with Crippen molar-refractivity contribution < 1.29 is 38.9 Å².